The number of sulfone groups is 1. The van der Waals surface area contributed by atoms with Gasteiger partial charge in [-0.15, -0.1) is 0 Å². The zero-order chi connectivity index (χ0) is 22.2. The Labute approximate surface area is 179 Å². The highest BCUT2D eigenvalue weighted by Gasteiger charge is 2.28. The summed E-state index contributed by atoms with van der Waals surface area (Å²) < 4.78 is 35.0. The molecular formula is C22H22N2O6S. The maximum Gasteiger partial charge on any atom is 0.291 e. The molecule has 0 bridgehead atoms. The summed E-state index contributed by atoms with van der Waals surface area (Å²) in [4.78, 5) is 27.9. The number of hydrogen-bond acceptors (Lipinski definition) is 6. The van der Waals surface area contributed by atoms with E-state index in [0.717, 1.165) is 6.26 Å². The number of ether oxygens (including phenoxy) is 1. The number of anilines is 1. The van der Waals surface area contributed by atoms with E-state index >= 15 is 0 Å². The summed E-state index contributed by atoms with van der Waals surface area (Å²) in [5.74, 6) is -0.824. The van der Waals surface area contributed by atoms with Gasteiger partial charge in [0.1, 0.15) is 11.3 Å². The molecule has 1 aliphatic rings. The Morgan fingerprint density at radius 3 is 2.48 bits per heavy atom. The van der Waals surface area contributed by atoms with Crippen LogP contribution in [0, 0.1) is 6.92 Å². The van der Waals surface area contributed by atoms with E-state index in [1.807, 2.05) is 0 Å². The predicted octanol–water partition coefficient (Wildman–Crippen LogP) is 2.87. The van der Waals surface area contributed by atoms with Crippen molar-refractivity contribution in [1.29, 1.82) is 0 Å². The minimum absolute atomic E-state index is 0.0355. The van der Waals surface area contributed by atoms with Gasteiger partial charge < -0.3 is 19.4 Å². The van der Waals surface area contributed by atoms with Crippen LogP contribution in [0.25, 0.3) is 11.0 Å². The van der Waals surface area contributed by atoms with Gasteiger partial charge in [0.15, 0.2) is 9.84 Å². The van der Waals surface area contributed by atoms with Gasteiger partial charge in [-0.2, -0.15) is 0 Å². The zero-order valence-corrected chi connectivity index (χ0v) is 18.0. The van der Waals surface area contributed by atoms with Crippen molar-refractivity contribution >= 4 is 38.3 Å². The molecule has 1 N–H and O–H groups in total. The third-order valence-corrected chi connectivity index (χ3v) is 6.32. The van der Waals surface area contributed by atoms with Crippen LogP contribution in [-0.2, 0) is 14.6 Å². The lowest BCUT2D eigenvalue weighted by molar-refractivity contribution is 0.0285. The molecule has 2 heterocycles. The number of carbonyl (C=O) groups is 2. The van der Waals surface area contributed by atoms with Crippen molar-refractivity contribution in [2.45, 2.75) is 11.8 Å². The number of rotatable bonds is 4. The summed E-state index contributed by atoms with van der Waals surface area (Å²) in [6, 6.07) is 11.4. The van der Waals surface area contributed by atoms with Crippen LogP contribution in [0.2, 0.25) is 0 Å². The standard InChI is InChI=1S/C22H22N2O6S/c1-14-7-8-15(31(2,27)28)13-17(14)21(25)23-19-16-5-3-4-6-18(16)30-20(19)22(26)24-9-11-29-12-10-24/h3-8,13H,9-12H2,1-2H3,(H,23,25). The number of fused-ring (bicyclic) bond motifs is 1. The number of morpholine rings is 1. The first-order valence-electron chi connectivity index (χ1n) is 9.76. The topological polar surface area (TPSA) is 106 Å². The Bertz CT molecular complexity index is 1270. The largest absolute Gasteiger partial charge is 0.449 e. The Morgan fingerprint density at radius 1 is 1.06 bits per heavy atom. The van der Waals surface area contributed by atoms with Crippen LogP contribution < -0.4 is 5.32 Å². The van der Waals surface area contributed by atoms with Crippen molar-refractivity contribution < 1.29 is 27.2 Å². The number of amides is 2. The molecule has 3 aromatic rings. The minimum Gasteiger partial charge on any atom is -0.449 e. The van der Waals surface area contributed by atoms with Gasteiger partial charge in [0, 0.05) is 30.3 Å². The first-order valence-corrected chi connectivity index (χ1v) is 11.7. The Balaban J connectivity index is 1.74. The molecule has 4 rings (SSSR count). The van der Waals surface area contributed by atoms with Crippen LogP contribution in [-0.4, -0.2) is 57.7 Å². The van der Waals surface area contributed by atoms with E-state index in [2.05, 4.69) is 5.32 Å². The Hall–Kier alpha value is -3.17. The highest BCUT2D eigenvalue weighted by atomic mass is 32.2. The van der Waals surface area contributed by atoms with Gasteiger partial charge in [-0.05, 0) is 36.8 Å². The average Bonchev–Trinajstić information content (AvgIpc) is 3.11. The molecule has 0 spiro atoms. The van der Waals surface area contributed by atoms with Crippen LogP contribution in [0.1, 0.15) is 26.5 Å². The molecule has 0 unspecified atom stereocenters. The molecule has 8 nitrogen and oxygen atoms in total. The fraction of sp³-hybridized carbons (Fsp3) is 0.273. The fourth-order valence-corrected chi connectivity index (χ4v) is 4.13. The minimum atomic E-state index is -3.48. The van der Waals surface area contributed by atoms with Crippen LogP contribution in [0.4, 0.5) is 5.69 Å². The average molecular weight is 442 g/mol. The molecule has 0 aliphatic carbocycles. The summed E-state index contributed by atoms with van der Waals surface area (Å²) in [5.41, 5.74) is 1.55. The van der Waals surface area contributed by atoms with E-state index in [1.165, 1.54) is 12.1 Å². The number of furan rings is 1. The van der Waals surface area contributed by atoms with Gasteiger partial charge in [-0.25, -0.2) is 8.42 Å². The van der Waals surface area contributed by atoms with Crippen molar-refractivity contribution in [1.82, 2.24) is 4.90 Å². The molecular weight excluding hydrogens is 420 g/mol. The summed E-state index contributed by atoms with van der Waals surface area (Å²) in [6.45, 7) is 3.45. The van der Waals surface area contributed by atoms with Gasteiger partial charge >= 0.3 is 0 Å². The lowest BCUT2D eigenvalue weighted by Crippen LogP contribution is -2.40. The predicted molar refractivity (Wildman–Crippen MR) is 115 cm³/mol. The first kappa shape index (κ1) is 21.1. The molecule has 0 atom stereocenters. The van der Waals surface area contributed by atoms with E-state index < -0.39 is 15.7 Å². The summed E-state index contributed by atoms with van der Waals surface area (Å²) in [5, 5.41) is 3.37. The van der Waals surface area contributed by atoms with Gasteiger partial charge in [0.25, 0.3) is 11.8 Å². The summed E-state index contributed by atoms with van der Waals surface area (Å²) >= 11 is 0. The fourth-order valence-electron chi connectivity index (χ4n) is 3.49. The first-order chi connectivity index (χ1) is 14.8. The third-order valence-electron chi connectivity index (χ3n) is 5.21. The highest BCUT2D eigenvalue weighted by molar-refractivity contribution is 7.90. The Morgan fingerprint density at radius 2 is 1.77 bits per heavy atom. The van der Waals surface area contributed by atoms with Crippen molar-refractivity contribution in [2.75, 3.05) is 37.9 Å². The van der Waals surface area contributed by atoms with E-state index in [0.29, 0.717) is 42.8 Å². The van der Waals surface area contributed by atoms with Crippen molar-refractivity contribution in [3.63, 3.8) is 0 Å². The number of nitrogens with one attached hydrogen (secondary N) is 1. The highest BCUT2D eigenvalue weighted by Crippen LogP contribution is 2.32. The van der Waals surface area contributed by atoms with Crippen LogP contribution >= 0.6 is 0 Å². The van der Waals surface area contributed by atoms with Crippen LogP contribution in [0.3, 0.4) is 0 Å². The lowest BCUT2D eigenvalue weighted by atomic mass is 10.1. The molecule has 162 valence electrons. The zero-order valence-electron chi connectivity index (χ0n) is 17.2. The second-order valence-corrected chi connectivity index (χ2v) is 9.43. The summed E-state index contributed by atoms with van der Waals surface area (Å²) in [6.07, 6.45) is 1.09. The normalized spacial score (nSPS) is 14.6. The quantitative estimate of drug-likeness (QED) is 0.666. The molecule has 0 saturated carbocycles. The maximum atomic E-state index is 13.1. The van der Waals surface area contributed by atoms with Gasteiger partial charge in [0.2, 0.25) is 5.76 Å². The van der Waals surface area contributed by atoms with Crippen molar-refractivity contribution in [2.24, 2.45) is 0 Å². The number of aryl methyl sites for hydroxylation is 1. The number of benzene rings is 2. The molecule has 2 aromatic carbocycles. The molecule has 1 fully saturated rings. The number of carbonyl (C=O) groups excluding carboxylic acids is 2. The second kappa shape index (κ2) is 8.16. The number of hydrogen-bond donors (Lipinski definition) is 1. The van der Waals surface area contributed by atoms with E-state index in [4.69, 9.17) is 9.15 Å². The molecule has 1 saturated heterocycles. The number of nitrogens with zero attached hydrogens (tertiary/aromatic N) is 1. The summed E-state index contributed by atoms with van der Waals surface area (Å²) in [7, 11) is -3.48. The van der Waals surface area contributed by atoms with E-state index in [9.17, 15) is 18.0 Å². The molecule has 0 radical (unpaired) electrons. The van der Waals surface area contributed by atoms with E-state index in [1.54, 1.807) is 42.2 Å². The van der Waals surface area contributed by atoms with E-state index in [-0.39, 0.29) is 27.8 Å². The van der Waals surface area contributed by atoms with Crippen molar-refractivity contribution in [3.05, 3.63) is 59.4 Å². The van der Waals surface area contributed by atoms with Crippen LogP contribution in [0.15, 0.2) is 51.8 Å². The van der Waals surface area contributed by atoms with Crippen molar-refractivity contribution in [3.8, 4) is 0 Å². The SMILES string of the molecule is Cc1ccc(S(C)(=O)=O)cc1C(=O)Nc1c(C(=O)N2CCOCC2)oc2ccccc12. The molecule has 1 aromatic heterocycles. The van der Waals surface area contributed by atoms with Gasteiger partial charge in [0.05, 0.1) is 18.1 Å². The molecule has 1 aliphatic heterocycles. The van der Waals surface area contributed by atoms with Crippen LogP contribution in [0.5, 0.6) is 0 Å². The maximum absolute atomic E-state index is 13.1. The lowest BCUT2D eigenvalue weighted by Gasteiger charge is -2.26. The molecule has 31 heavy (non-hydrogen) atoms. The van der Waals surface area contributed by atoms with Gasteiger partial charge in [-0.3, -0.25) is 9.59 Å². The Kier molecular flexibility index (Phi) is 5.55. The second-order valence-electron chi connectivity index (χ2n) is 7.41. The van der Waals surface area contributed by atoms with Gasteiger partial charge in [-0.1, -0.05) is 18.2 Å². The number of para-hydroxylation sites is 1. The smallest absolute Gasteiger partial charge is 0.291 e. The molecule has 2 amide bonds. The monoisotopic (exact) mass is 442 g/mol. The third kappa shape index (κ3) is 4.19. The molecule has 9 heteroatoms.